The van der Waals surface area contributed by atoms with E-state index >= 15 is 0 Å². The minimum absolute atomic E-state index is 0.00533. The lowest BCUT2D eigenvalue weighted by molar-refractivity contribution is -0.838. The van der Waals surface area contributed by atoms with Crippen LogP contribution in [-0.4, -0.2) is 121 Å². The van der Waals surface area contributed by atoms with E-state index < -0.39 is 79.0 Å². The van der Waals surface area contributed by atoms with Crippen molar-refractivity contribution in [3.05, 3.63) is 77.0 Å². The van der Waals surface area contributed by atoms with Crippen molar-refractivity contribution < 1.29 is 79.1 Å². The molecule has 2 aromatic rings. The molecule has 3 heterocycles. The summed E-state index contributed by atoms with van der Waals surface area (Å²) in [6, 6.07) is 6.29. The summed E-state index contributed by atoms with van der Waals surface area (Å²) in [6.45, 7) is -0.593. The molecule has 10 N–H and O–H groups in total. The van der Waals surface area contributed by atoms with Crippen LogP contribution in [0.2, 0.25) is 0 Å². The molecule has 8 unspecified atom stereocenters. The molecule has 17 nitrogen and oxygen atoms in total. The van der Waals surface area contributed by atoms with Crippen LogP contribution in [0.5, 0.6) is 17.2 Å². The fourth-order valence-corrected chi connectivity index (χ4v) is 5.85. The third-order valence-corrected chi connectivity index (χ3v) is 8.49. The summed E-state index contributed by atoms with van der Waals surface area (Å²) in [5, 5.41) is 83.0. The van der Waals surface area contributed by atoms with Crippen molar-refractivity contribution in [1.82, 2.24) is 5.32 Å². The molecule has 1 fully saturated rings. The maximum atomic E-state index is 12.3. The molecule has 0 aromatic heterocycles. The third kappa shape index (κ3) is 8.04. The van der Waals surface area contributed by atoms with Gasteiger partial charge in [0.15, 0.2) is 17.5 Å². The molecular weight excluding hydrogens is 664 g/mol. The number of aliphatic hydroxyl groups is 3. The fourth-order valence-electron chi connectivity index (χ4n) is 5.85. The lowest BCUT2D eigenvalue weighted by atomic mass is 9.99. The number of carboxylic acids is 3. The van der Waals surface area contributed by atoms with E-state index in [1.807, 2.05) is 0 Å². The number of rotatable bonds is 11. The standard InChI is InChI=1S/C33H34N2O15/c36-18-4-1-15(2-5-18)3-6-26(38)48-14-25-27(39)28(40)29(41)33(50-25)49-24-13-21-17(12-23(24)37)11-22(32(46)47)35(21)8-7-16-9-19(30(42)43)34-20(10-16)31(44)45/h1-7,9,12-13,20,22,25,27-29,33-34,36-37,39-41H,8,10-11,14H2,(H,42,43)(H,44,45)(H,46,47)/p+1. The number of fused-ring (bicyclic) bond motifs is 1. The number of aliphatic hydroxyl groups excluding tert-OH is 3. The first-order chi connectivity index (χ1) is 23.7. The SMILES string of the molecule is O=C(C=Cc1ccc(O)cc1)OCC1OC(Oc2cc3c(cc2O)CC(C(=O)O)[NH+]3CC=C2C=C(C(=O)O)NC(C(=O)O)C2)C(O)C(O)C1O. The van der Waals surface area contributed by atoms with Crippen LogP contribution in [0.25, 0.3) is 6.08 Å². The number of ether oxygens (including phenoxy) is 3. The van der Waals surface area contributed by atoms with Gasteiger partial charge in [-0.2, -0.15) is 0 Å². The van der Waals surface area contributed by atoms with Gasteiger partial charge in [0.25, 0.3) is 0 Å². The highest BCUT2D eigenvalue weighted by Gasteiger charge is 2.46. The Balaban J connectivity index is 1.32. The van der Waals surface area contributed by atoms with Crippen molar-refractivity contribution in [2.75, 3.05) is 13.2 Å². The topological polar surface area (TPSA) is 274 Å². The van der Waals surface area contributed by atoms with Crippen LogP contribution in [-0.2, 0) is 35.1 Å². The number of aromatic hydroxyl groups is 2. The van der Waals surface area contributed by atoms with E-state index in [0.29, 0.717) is 27.3 Å². The Labute approximate surface area is 283 Å². The van der Waals surface area contributed by atoms with Crippen molar-refractivity contribution >= 4 is 35.6 Å². The van der Waals surface area contributed by atoms with E-state index in [4.69, 9.17) is 14.2 Å². The number of esters is 1. The van der Waals surface area contributed by atoms with Crippen molar-refractivity contribution in [2.45, 2.75) is 55.6 Å². The van der Waals surface area contributed by atoms with Crippen molar-refractivity contribution in [2.24, 2.45) is 0 Å². The normalized spacial score (nSPS) is 28.4. The fraction of sp³-hybridized carbons (Fsp3) is 0.333. The molecule has 3 aliphatic rings. The maximum absolute atomic E-state index is 12.3. The number of phenols is 2. The number of carboxylic acid groups (broad SMARTS) is 3. The number of phenolic OH excluding ortho intramolecular Hbond substituents is 2. The van der Waals surface area contributed by atoms with Gasteiger partial charge in [0, 0.05) is 30.5 Å². The van der Waals surface area contributed by atoms with E-state index in [9.17, 15) is 60.0 Å². The van der Waals surface area contributed by atoms with Crippen LogP contribution in [0, 0.1) is 0 Å². The molecule has 0 radical (unpaired) electrons. The number of quaternary nitrogens is 1. The largest absolute Gasteiger partial charge is 0.508 e. The summed E-state index contributed by atoms with van der Waals surface area (Å²) < 4.78 is 16.5. The molecule has 50 heavy (non-hydrogen) atoms. The van der Waals surface area contributed by atoms with Gasteiger partial charge < -0.3 is 60.4 Å². The zero-order valence-corrected chi connectivity index (χ0v) is 26.1. The number of nitrogens with one attached hydrogen (secondary N) is 2. The number of hydrogen-bond acceptors (Lipinski definition) is 13. The Kier molecular flexibility index (Phi) is 10.7. The van der Waals surface area contributed by atoms with Crippen molar-refractivity contribution in [3.8, 4) is 17.2 Å². The van der Waals surface area contributed by atoms with Gasteiger partial charge in [-0.05, 0) is 47.6 Å². The van der Waals surface area contributed by atoms with Gasteiger partial charge in [-0.1, -0.05) is 12.1 Å². The summed E-state index contributed by atoms with van der Waals surface area (Å²) in [7, 11) is 0. The molecule has 0 spiro atoms. The average Bonchev–Trinajstić information content (AvgIpc) is 3.43. The molecule has 2 aromatic carbocycles. The molecule has 0 amide bonds. The van der Waals surface area contributed by atoms with Gasteiger partial charge in [-0.3, -0.25) is 4.90 Å². The van der Waals surface area contributed by atoms with Crippen LogP contribution >= 0.6 is 0 Å². The highest BCUT2D eigenvalue weighted by atomic mass is 16.7. The zero-order valence-electron chi connectivity index (χ0n) is 26.1. The summed E-state index contributed by atoms with van der Waals surface area (Å²) in [5.41, 5.74) is 1.41. The van der Waals surface area contributed by atoms with Crippen LogP contribution in [0.4, 0.5) is 5.69 Å². The van der Waals surface area contributed by atoms with E-state index in [-0.39, 0.29) is 36.6 Å². The predicted molar refractivity (Wildman–Crippen MR) is 167 cm³/mol. The van der Waals surface area contributed by atoms with E-state index in [1.54, 1.807) is 12.1 Å². The Morgan fingerprint density at radius 1 is 0.940 bits per heavy atom. The molecule has 5 rings (SSSR count). The van der Waals surface area contributed by atoms with Crippen LogP contribution in [0.15, 0.2) is 65.9 Å². The van der Waals surface area contributed by atoms with E-state index in [0.717, 1.165) is 6.08 Å². The van der Waals surface area contributed by atoms with Gasteiger partial charge in [0.1, 0.15) is 60.7 Å². The van der Waals surface area contributed by atoms with Gasteiger partial charge >= 0.3 is 23.9 Å². The van der Waals surface area contributed by atoms with Gasteiger partial charge in [-0.25, -0.2) is 19.2 Å². The minimum atomic E-state index is -1.84. The first-order valence-electron chi connectivity index (χ1n) is 15.3. The number of allylic oxidation sites excluding steroid dienone is 1. The van der Waals surface area contributed by atoms with E-state index in [1.165, 1.54) is 42.5 Å². The smallest absolute Gasteiger partial charge is 0.363 e. The predicted octanol–water partition coefficient (Wildman–Crippen LogP) is -1.59. The maximum Gasteiger partial charge on any atom is 0.363 e. The molecule has 0 bridgehead atoms. The molecular formula is C33H35N2O15+. The quantitative estimate of drug-likeness (QED) is 0.0719. The first-order valence-corrected chi connectivity index (χ1v) is 15.3. The molecule has 0 saturated carbocycles. The van der Waals surface area contributed by atoms with Crippen molar-refractivity contribution in [3.63, 3.8) is 0 Å². The average molecular weight is 700 g/mol. The molecule has 17 heteroatoms. The highest BCUT2D eigenvalue weighted by Crippen LogP contribution is 2.36. The summed E-state index contributed by atoms with van der Waals surface area (Å²) in [5.74, 6) is -5.33. The second-order valence-electron chi connectivity index (χ2n) is 11.9. The lowest BCUT2D eigenvalue weighted by Crippen LogP contribution is -3.11. The second kappa shape index (κ2) is 15.0. The number of carbonyl (C=O) groups excluding carboxylic acids is 1. The molecule has 0 aliphatic carbocycles. The Morgan fingerprint density at radius 3 is 2.32 bits per heavy atom. The van der Waals surface area contributed by atoms with Gasteiger partial charge in [-0.15, -0.1) is 0 Å². The molecule has 8 atom stereocenters. The number of aliphatic carboxylic acids is 3. The number of carbonyl (C=O) groups is 4. The Morgan fingerprint density at radius 2 is 1.66 bits per heavy atom. The monoisotopic (exact) mass is 699 g/mol. The van der Waals surface area contributed by atoms with E-state index in [2.05, 4.69) is 5.32 Å². The van der Waals surface area contributed by atoms with Crippen molar-refractivity contribution in [1.29, 1.82) is 0 Å². The molecule has 3 aliphatic heterocycles. The summed E-state index contributed by atoms with van der Waals surface area (Å²) in [4.78, 5) is 48.0. The molecule has 266 valence electrons. The molecule has 1 saturated heterocycles. The van der Waals surface area contributed by atoms with Crippen LogP contribution < -0.4 is 15.0 Å². The second-order valence-corrected chi connectivity index (χ2v) is 11.9. The Hall–Kier alpha value is -5.46. The lowest BCUT2D eigenvalue weighted by Gasteiger charge is -2.39. The summed E-state index contributed by atoms with van der Waals surface area (Å²) >= 11 is 0. The minimum Gasteiger partial charge on any atom is -0.508 e. The third-order valence-electron chi connectivity index (χ3n) is 8.49. The number of benzene rings is 2. The first kappa shape index (κ1) is 35.8. The van der Waals surface area contributed by atoms with Crippen LogP contribution in [0.1, 0.15) is 17.5 Å². The Bertz CT molecular complexity index is 1740. The summed E-state index contributed by atoms with van der Waals surface area (Å²) in [6.07, 6.45) is -3.21. The van der Waals surface area contributed by atoms with Crippen LogP contribution in [0.3, 0.4) is 0 Å². The number of hydrogen-bond donors (Lipinski definition) is 10. The zero-order chi connectivity index (χ0) is 36.3. The van der Waals surface area contributed by atoms with Gasteiger partial charge in [0.2, 0.25) is 6.29 Å². The highest BCUT2D eigenvalue weighted by molar-refractivity contribution is 5.89. The van der Waals surface area contributed by atoms with Gasteiger partial charge in [0.05, 0.1) is 0 Å².